The fourth-order valence-electron chi connectivity index (χ4n) is 2.79. The Balaban J connectivity index is 1.90. The van der Waals surface area contributed by atoms with Gasteiger partial charge in [0.2, 0.25) is 5.75 Å². The second-order valence-corrected chi connectivity index (χ2v) is 5.35. The number of rotatable bonds is 4. The van der Waals surface area contributed by atoms with E-state index in [-0.39, 0.29) is 5.75 Å². The summed E-state index contributed by atoms with van der Waals surface area (Å²) in [6.45, 7) is 11.4. The van der Waals surface area contributed by atoms with E-state index in [1.165, 1.54) is 0 Å². The van der Waals surface area contributed by atoms with Crippen molar-refractivity contribution in [1.29, 1.82) is 0 Å². The van der Waals surface area contributed by atoms with Crippen molar-refractivity contribution in [2.75, 3.05) is 26.6 Å². The molecule has 21 heavy (non-hydrogen) atoms. The average Bonchev–Trinajstić information content (AvgIpc) is 2.48. The van der Waals surface area contributed by atoms with E-state index < -0.39 is 0 Å². The first-order valence-corrected chi connectivity index (χ1v) is 7.02. The molecule has 1 aromatic rings. The molecule has 2 aliphatic rings. The third kappa shape index (κ3) is 2.62. The molecule has 0 bridgehead atoms. The predicted molar refractivity (Wildman–Crippen MR) is 80.3 cm³/mol. The monoisotopic (exact) mass is 288 g/mol. The average molecular weight is 288 g/mol. The Morgan fingerprint density at radius 1 is 1.00 bits per heavy atom. The summed E-state index contributed by atoms with van der Waals surface area (Å²) in [5.41, 5.74) is 1.98. The van der Waals surface area contributed by atoms with Crippen molar-refractivity contribution in [3.63, 3.8) is 0 Å². The number of benzene rings is 1. The van der Waals surface area contributed by atoms with Gasteiger partial charge < -0.3 is 14.6 Å². The van der Waals surface area contributed by atoms with Crippen LogP contribution in [-0.4, -0.2) is 41.5 Å². The molecule has 0 radical (unpaired) electrons. The first kappa shape index (κ1) is 14.0. The van der Waals surface area contributed by atoms with Crippen LogP contribution in [0.3, 0.4) is 0 Å². The highest BCUT2D eigenvalue weighted by atomic mass is 16.5. The fraction of sp³-hybridized carbons (Fsp3) is 0.375. The second-order valence-electron chi connectivity index (χ2n) is 5.35. The van der Waals surface area contributed by atoms with E-state index in [0.717, 1.165) is 37.3 Å². The maximum absolute atomic E-state index is 10.4. The van der Waals surface area contributed by atoms with E-state index in [2.05, 4.69) is 29.0 Å². The summed E-state index contributed by atoms with van der Waals surface area (Å²) in [6, 6.07) is 2.06. The van der Waals surface area contributed by atoms with Gasteiger partial charge in [-0.2, -0.15) is 0 Å². The zero-order valence-corrected chi connectivity index (χ0v) is 12.0. The fourth-order valence-corrected chi connectivity index (χ4v) is 2.79. The van der Waals surface area contributed by atoms with Crippen molar-refractivity contribution in [3.05, 3.63) is 42.5 Å². The molecule has 1 N–H and O–H groups in total. The number of hydrogen-bond acceptors (Lipinski definition) is 5. The molecule has 0 atom stereocenters. The van der Waals surface area contributed by atoms with Crippen LogP contribution in [0.1, 0.15) is 11.1 Å². The third-order valence-corrected chi connectivity index (χ3v) is 3.71. The largest absolute Gasteiger partial charge is 0.502 e. The standard InChI is InChI=1S/C16H20N2O3/c1-3-5-17-8-12-7-13-9-18(6-4-2)11-21-16(13)14(19)15(12)20-10-17/h3-4,7,19H,1-2,5-6,8-11H2. The molecule has 0 unspecified atom stereocenters. The van der Waals surface area contributed by atoms with Gasteiger partial charge >= 0.3 is 0 Å². The lowest BCUT2D eigenvalue weighted by atomic mass is 10.0. The number of aromatic hydroxyl groups is 1. The van der Waals surface area contributed by atoms with Gasteiger partial charge in [0.25, 0.3) is 0 Å². The summed E-state index contributed by atoms with van der Waals surface area (Å²) in [5, 5.41) is 10.4. The smallest absolute Gasteiger partial charge is 0.201 e. The molecular formula is C16H20N2O3. The van der Waals surface area contributed by atoms with Gasteiger partial charge in [0.05, 0.1) is 0 Å². The van der Waals surface area contributed by atoms with Crippen molar-refractivity contribution >= 4 is 0 Å². The molecule has 0 spiro atoms. The molecule has 3 rings (SSSR count). The predicted octanol–water partition coefficient (Wildman–Crippen LogP) is 2.07. The Kier molecular flexibility index (Phi) is 3.86. The van der Waals surface area contributed by atoms with Crippen LogP contribution in [0.5, 0.6) is 17.2 Å². The SMILES string of the molecule is C=CCN1COc2c(cc3c(c2O)OCN(CC=C)C3)C1. The van der Waals surface area contributed by atoms with Crippen LogP contribution in [-0.2, 0) is 13.1 Å². The Morgan fingerprint density at radius 3 is 1.90 bits per heavy atom. The van der Waals surface area contributed by atoms with Gasteiger partial charge in [0.1, 0.15) is 13.5 Å². The van der Waals surface area contributed by atoms with Crippen molar-refractivity contribution < 1.29 is 14.6 Å². The van der Waals surface area contributed by atoms with Crippen molar-refractivity contribution in [2.45, 2.75) is 13.1 Å². The van der Waals surface area contributed by atoms with Gasteiger partial charge in [0.15, 0.2) is 11.5 Å². The van der Waals surface area contributed by atoms with E-state index in [0.29, 0.717) is 25.0 Å². The van der Waals surface area contributed by atoms with E-state index in [1.54, 1.807) is 0 Å². The van der Waals surface area contributed by atoms with Crippen LogP contribution in [0.25, 0.3) is 0 Å². The van der Waals surface area contributed by atoms with Crippen LogP contribution >= 0.6 is 0 Å². The summed E-state index contributed by atoms with van der Waals surface area (Å²) in [6.07, 6.45) is 3.70. The van der Waals surface area contributed by atoms with Crippen LogP contribution < -0.4 is 9.47 Å². The van der Waals surface area contributed by atoms with Gasteiger partial charge in [-0.15, -0.1) is 13.2 Å². The maximum Gasteiger partial charge on any atom is 0.201 e. The summed E-state index contributed by atoms with van der Waals surface area (Å²) in [7, 11) is 0. The number of nitrogens with zero attached hydrogens (tertiary/aromatic N) is 2. The third-order valence-electron chi connectivity index (χ3n) is 3.71. The molecule has 0 aromatic heterocycles. The van der Waals surface area contributed by atoms with Gasteiger partial charge in [0, 0.05) is 37.3 Å². The number of hydrogen-bond donors (Lipinski definition) is 1. The van der Waals surface area contributed by atoms with Crippen LogP contribution in [0.4, 0.5) is 0 Å². The molecule has 5 nitrogen and oxygen atoms in total. The summed E-state index contributed by atoms with van der Waals surface area (Å²) in [4.78, 5) is 4.23. The highest BCUT2D eigenvalue weighted by Gasteiger charge is 2.28. The summed E-state index contributed by atoms with van der Waals surface area (Å²) in [5.74, 6) is 1.22. The minimum absolute atomic E-state index is 0.124. The number of phenols is 1. The van der Waals surface area contributed by atoms with Gasteiger partial charge in [-0.25, -0.2) is 0 Å². The Labute approximate surface area is 124 Å². The maximum atomic E-state index is 10.4. The van der Waals surface area contributed by atoms with Gasteiger partial charge in [-0.3, -0.25) is 9.80 Å². The lowest BCUT2D eigenvalue weighted by Crippen LogP contribution is -2.34. The number of phenolic OH excluding ortho intramolecular Hbond substituents is 1. The Bertz CT molecular complexity index is 525. The summed E-state index contributed by atoms with van der Waals surface area (Å²) >= 11 is 0. The Hall–Kier alpha value is -1.98. The second kappa shape index (κ2) is 5.79. The van der Waals surface area contributed by atoms with Crippen molar-refractivity contribution in [2.24, 2.45) is 0 Å². The van der Waals surface area contributed by atoms with E-state index >= 15 is 0 Å². The lowest BCUT2D eigenvalue weighted by molar-refractivity contribution is 0.0889. The topological polar surface area (TPSA) is 45.2 Å². The molecule has 5 heteroatoms. The molecular weight excluding hydrogens is 268 g/mol. The molecule has 0 amide bonds. The quantitative estimate of drug-likeness (QED) is 0.859. The van der Waals surface area contributed by atoms with E-state index in [1.807, 2.05) is 12.2 Å². The zero-order chi connectivity index (χ0) is 14.8. The minimum atomic E-state index is 0.124. The molecule has 0 saturated carbocycles. The minimum Gasteiger partial charge on any atom is -0.502 e. The first-order valence-electron chi connectivity index (χ1n) is 7.02. The zero-order valence-electron chi connectivity index (χ0n) is 12.0. The van der Waals surface area contributed by atoms with Crippen molar-refractivity contribution in [1.82, 2.24) is 9.80 Å². The highest BCUT2D eigenvalue weighted by molar-refractivity contribution is 5.59. The molecule has 1 aromatic carbocycles. The van der Waals surface area contributed by atoms with E-state index in [9.17, 15) is 5.11 Å². The highest BCUT2D eigenvalue weighted by Crippen LogP contribution is 2.45. The molecule has 112 valence electrons. The van der Waals surface area contributed by atoms with Crippen LogP contribution in [0, 0.1) is 0 Å². The first-order chi connectivity index (χ1) is 10.2. The van der Waals surface area contributed by atoms with Crippen molar-refractivity contribution in [3.8, 4) is 17.2 Å². The Morgan fingerprint density at radius 2 is 1.48 bits per heavy atom. The normalized spacial score (nSPS) is 18.1. The lowest BCUT2D eigenvalue weighted by Gasteiger charge is -2.33. The van der Waals surface area contributed by atoms with Gasteiger partial charge in [-0.05, 0) is 6.07 Å². The molecule has 0 saturated heterocycles. The van der Waals surface area contributed by atoms with Gasteiger partial charge in [-0.1, -0.05) is 12.2 Å². The summed E-state index contributed by atoms with van der Waals surface area (Å²) < 4.78 is 11.4. The van der Waals surface area contributed by atoms with E-state index in [4.69, 9.17) is 9.47 Å². The molecule has 2 aliphatic heterocycles. The number of fused-ring (bicyclic) bond motifs is 2. The number of ether oxygens (including phenoxy) is 2. The molecule has 0 fully saturated rings. The van der Waals surface area contributed by atoms with Crippen LogP contribution in [0.15, 0.2) is 31.4 Å². The van der Waals surface area contributed by atoms with Crippen LogP contribution in [0.2, 0.25) is 0 Å². The molecule has 2 heterocycles. The molecule has 0 aliphatic carbocycles.